The molecule has 2 amide bonds. The number of para-hydroxylation sites is 2. The number of rotatable bonds is 8. The van der Waals surface area contributed by atoms with Crippen LogP contribution in [-0.4, -0.2) is 22.8 Å². The number of ether oxygens (including phenoxy) is 1. The fourth-order valence-electron chi connectivity index (χ4n) is 4.24. The van der Waals surface area contributed by atoms with Gasteiger partial charge in [0.2, 0.25) is 5.91 Å². The minimum atomic E-state index is -0.876. The number of nitrogens with one attached hydrogen (secondary N) is 1. The molecule has 0 unspecified atom stereocenters. The molecular weight excluding hydrogens is 450 g/mol. The van der Waals surface area contributed by atoms with Crippen molar-refractivity contribution in [1.82, 2.24) is 10.3 Å². The third-order valence-corrected chi connectivity index (χ3v) is 6.08. The van der Waals surface area contributed by atoms with Gasteiger partial charge in [-0.2, -0.15) is 0 Å². The van der Waals surface area contributed by atoms with E-state index < -0.39 is 11.9 Å². The number of hydrogen-bond donors (Lipinski definition) is 2. The lowest BCUT2D eigenvalue weighted by atomic mass is 10.0. The van der Waals surface area contributed by atoms with Gasteiger partial charge < -0.3 is 15.8 Å². The van der Waals surface area contributed by atoms with Crippen molar-refractivity contribution in [1.29, 1.82) is 0 Å². The highest BCUT2D eigenvalue weighted by molar-refractivity contribution is 6.16. The molecule has 0 aliphatic rings. The second kappa shape index (κ2) is 10.3. The number of fused-ring (bicyclic) bond motifs is 2. The van der Waals surface area contributed by atoms with Gasteiger partial charge in [-0.15, -0.1) is 0 Å². The van der Waals surface area contributed by atoms with Crippen LogP contribution in [0.5, 0.6) is 5.75 Å². The Kier molecular flexibility index (Phi) is 6.58. The van der Waals surface area contributed by atoms with E-state index in [2.05, 4.69) is 10.3 Å². The molecule has 6 nitrogen and oxygen atoms in total. The molecule has 0 fully saturated rings. The van der Waals surface area contributed by atoms with Gasteiger partial charge in [0.05, 0.1) is 16.6 Å². The van der Waals surface area contributed by atoms with Crippen molar-refractivity contribution in [3.63, 3.8) is 0 Å². The first-order chi connectivity index (χ1) is 17.6. The SMILES string of the molecule is NC(=O)[C@H](Cc1ccc(OCc2ccccc2)cc1)NC(=O)c1c2ccccc2nc2ccccc12. The lowest BCUT2D eigenvalue weighted by Gasteiger charge is -2.18. The van der Waals surface area contributed by atoms with Crippen molar-refractivity contribution in [3.8, 4) is 5.75 Å². The van der Waals surface area contributed by atoms with E-state index in [0.29, 0.717) is 23.2 Å². The first-order valence-corrected chi connectivity index (χ1v) is 11.7. The van der Waals surface area contributed by atoms with Crippen molar-refractivity contribution < 1.29 is 14.3 Å². The normalized spacial score (nSPS) is 11.8. The third kappa shape index (κ3) is 5.03. The van der Waals surface area contributed by atoms with E-state index in [9.17, 15) is 9.59 Å². The number of amides is 2. The Morgan fingerprint density at radius 1 is 0.750 bits per heavy atom. The number of carbonyl (C=O) groups is 2. The van der Waals surface area contributed by atoms with Crippen LogP contribution in [0.4, 0.5) is 0 Å². The van der Waals surface area contributed by atoms with E-state index in [4.69, 9.17) is 10.5 Å². The topological polar surface area (TPSA) is 94.3 Å². The van der Waals surface area contributed by atoms with Gasteiger partial charge >= 0.3 is 0 Å². The number of primary amides is 1. The van der Waals surface area contributed by atoms with Crippen LogP contribution in [0.25, 0.3) is 21.8 Å². The van der Waals surface area contributed by atoms with Crippen LogP contribution in [0.1, 0.15) is 21.5 Å². The predicted octanol–water partition coefficient (Wildman–Crippen LogP) is 4.79. The van der Waals surface area contributed by atoms with Crippen molar-refractivity contribution >= 4 is 33.6 Å². The number of pyridine rings is 1. The standard InChI is InChI=1S/C30H25N3O3/c31-29(34)27(18-20-14-16-22(17-15-20)36-19-21-8-2-1-3-9-21)33-30(35)28-23-10-4-6-12-25(23)32-26-13-7-5-11-24(26)28/h1-17,27H,18-19H2,(H2,31,34)(H,33,35)/t27-/m0/s1. The smallest absolute Gasteiger partial charge is 0.253 e. The highest BCUT2D eigenvalue weighted by Gasteiger charge is 2.23. The van der Waals surface area contributed by atoms with E-state index in [-0.39, 0.29) is 12.3 Å². The molecule has 0 aliphatic carbocycles. The minimum absolute atomic E-state index is 0.265. The van der Waals surface area contributed by atoms with Gasteiger partial charge in [0.1, 0.15) is 18.4 Å². The molecule has 178 valence electrons. The second-order valence-electron chi connectivity index (χ2n) is 8.57. The highest BCUT2D eigenvalue weighted by atomic mass is 16.5. The summed E-state index contributed by atoms with van der Waals surface area (Å²) in [6.07, 6.45) is 0.265. The molecule has 0 saturated carbocycles. The predicted molar refractivity (Wildman–Crippen MR) is 141 cm³/mol. The molecule has 0 spiro atoms. The molecule has 36 heavy (non-hydrogen) atoms. The van der Waals surface area contributed by atoms with E-state index >= 15 is 0 Å². The molecule has 5 aromatic rings. The Balaban J connectivity index is 1.34. The first-order valence-electron chi connectivity index (χ1n) is 11.7. The summed E-state index contributed by atoms with van der Waals surface area (Å²) in [6.45, 7) is 0.466. The molecule has 4 aromatic carbocycles. The number of hydrogen-bond acceptors (Lipinski definition) is 4. The zero-order chi connectivity index (χ0) is 24.9. The summed E-state index contributed by atoms with van der Waals surface area (Å²) in [4.78, 5) is 30.4. The number of carbonyl (C=O) groups excluding carboxylic acids is 2. The van der Waals surface area contributed by atoms with Crippen LogP contribution < -0.4 is 15.8 Å². The minimum Gasteiger partial charge on any atom is -0.489 e. The number of nitrogens with two attached hydrogens (primary N) is 1. The van der Waals surface area contributed by atoms with E-state index in [1.54, 1.807) is 0 Å². The van der Waals surface area contributed by atoms with E-state index in [1.165, 1.54) is 0 Å². The monoisotopic (exact) mass is 475 g/mol. The molecule has 6 heteroatoms. The van der Waals surface area contributed by atoms with Gasteiger partial charge in [-0.1, -0.05) is 78.9 Å². The van der Waals surface area contributed by atoms with Crippen molar-refractivity contribution in [2.45, 2.75) is 19.1 Å². The van der Waals surface area contributed by atoms with Crippen LogP contribution in [-0.2, 0) is 17.8 Å². The van der Waals surface area contributed by atoms with Crippen LogP contribution in [0.2, 0.25) is 0 Å². The van der Waals surface area contributed by atoms with Gasteiger partial charge in [-0.3, -0.25) is 9.59 Å². The Hall–Kier alpha value is -4.71. The summed E-state index contributed by atoms with van der Waals surface area (Å²) in [5.74, 6) is -0.246. The zero-order valence-corrected chi connectivity index (χ0v) is 19.6. The van der Waals surface area contributed by atoms with Gasteiger partial charge in [-0.05, 0) is 35.4 Å². The molecule has 1 atom stereocenters. The van der Waals surface area contributed by atoms with Crippen molar-refractivity contribution in [2.75, 3.05) is 0 Å². The molecule has 0 radical (unpaired) electrons. The van der Waals surface area contributed by atoms with Gasteiger partial charge in [0, 0.05) is 17.2 Å². The van der Waals surface area contributed by atoms with E-state index in [1.807, 2.05) is 103 Å². The molecular formula is C30H25N3O3. The largest absolute Gasteiger partial charge is 0.489 e. The van der Waals surface area contributed by atoms with Gasteiger partial charge in [0.25, 0.3) is 5.91 Å². The average Bonchev–Trinajstić information content (AvgIpc) is 2.91. The highest BCUT2D eigenvalue weighted by Crippen LogP contribution is 2.26. The molecule has 0 aliphatic heterocycles. The maximum atomic E-state index is 13.5. The van der Waals surface area contributed by atoms with Gasteiger partial charge in [-0.25, -0.2) is 4.98 Å². The first kappa shape index (κ1) is 23.1. The van der Waals surface area contributed by atoms with Gasteiger partial charge in [0.15, 0.2) is 0 Å². The summed E-state index contributed by atoms with van der Waals surface area (Å²) >= 11 is 0. The Labute approximate surface area is 208 Å². The average molecular weight is 476 g/mol. The summed E-state index contributed by atoms with van der Waals surface area (Å²) in [5, 5.41) is 4.29. The molecule has 3 N–H and O–H groups in total. The van der Waals surface area contributed by atoms with E-state index in [0.717, 1.165) is 27.6 Å². The zero-order valence-electron chi connectivity index (χ0n) is 19.6. The number of nitrogens with zero attached hydrogens (tertiary/aromatic N) is 1. The molecule has 0 saturated heterocycles. The summed E-state index contributed by atoms with van der Waals surface area (Å²) < 4.78 is 5.84. The number of benzene rings is 4. The maximum Gasteiger partial charge on any atom is 0.253 e. The lowest BCUT2D eigenvalue weighted by Crippen LogP contribution is -2.46. The second-order valence-corrected chi connectivity index (χ2v) is 8.57. The van der Waals surface area contributed by atoms with Crippen LogP contribution in [0.15, 0.2) is 103 Å². The fourth-order valence-corrected chi connectivity index (χ4v) is 4.24. The molecule has 1 aromatic heterocycles. The maximum absolute atomic E-state index is 13.5. The summed E-state index contributed by atoms with van der Waals surface area (Å²) in [7, 11) is 0. The van der Waals surface area contributed by atoms with Crippen molar-refractivity contribution in [2.24, 2.45) is 5.73 Å². The quantitative estimate of drug-likeness (QED) is 0.316. The van der Waals surface area contributed by atoms with Crippen LogP contribution >= 0.6 is 0 Å². The summed E-state index contributed by atoms with van der Waals surface area (Å²) in [6, 6.07) is 31.4. The Bertz CT molecular complexity index is 1480. The Morgan fingerprint density at radius 3 is 1.94 bits per heavy atom. The van der Waals surface area contributed by atoms with Crippen LogP contribution in [0, 0.1) is 0 Å². The molecule has 0 bridgehead atoms. The van der Waals surface area contributed by atoms with Crippen molar-refractivity contribution in [3.05, 3.63) is 120 Å². The third-order valence-electron chi connectivity index (χ3n) is 6.08. The molecule has 5 rings (SSSR count). The fraction of sp³-hybridized carbons (Fsp3) is 0.100. The number of aromatic nitrogens is 1. The molecule has 1 heterocycles. The summed E-state index contributed by atoms with van der Waals surface area (Å²) in [5.41, 5.74) is 9.52. The van der Waals surface area contributed by atoms with Crippen LogP contribution in [0.3, 0.4) is 0 Å². The lowest BCUT2D eigenvalue weighted by molar-refractivity contribution is -0.119. The Morgan fingerprint density at radius 2 is 1.33 bits per heavy atom.